The average molecular weight is 361 g/mol. The lowest BCUT2D eigenvalue weighted by atomic mass is 10.1. The number of allylic oxidation sites excluding steroid dienone is 1. The molecule has 1 aromatic rings. The number of aryl methyl sites for hydroxylation is 1. The van der Waals surface area contributed by atoms with E-state index in [0.717, 1.165) is 24.0 Å². The maximum Gasteiger partial charge on any atom is 0.243 e. The number of sulfonamides is 1. The molecule has 0 aliphatic rings. The smallest absolute Gasteiger partial charge is 0.243 e. The molecular weight excluding hydrogens is 340 g/mol. The summed E-state index contributed by atoms with van der Waals surface area (Å²) in [7, 11) is -1.92. The van der Waals surface area contributed by atoms with Gasteiger partial charge in [0.1, 0.15) is 0 Å². The SMILES string of the molecule is C=CCCCN(C)S(=O)(=O)c1cc(CN)cc(C)c1Br. The summed E-state index contributed by atoms with van der Waals surface area (Å²) in [5.41, 5.74) is 7.30. The number of nitrogens with two attached hydrogens (primary N) is 1. The van der Waals surface area contributed by atoms with Crippen LogP contribution in [0.2, 0.25) is 0 Å². The van der Waals surface area contributed by atoms with Crippen LogP contribution in [0.3, 0.4) is 0 Å². The van der Waals surface area contributed by atoms with Crippen LogP contribution < -0.4 is 5.73 Å². The van der Waals surface area contributed by atoms with Gasteiger partial charge in [-0.2, -0.15) is 0 Å². The van der Waals surface area contributed by atoms with Gasteiger partial charge in [-0.1, -0.05) is 12.1 Å². The monoisotopic (exact) mass is 360 g/mol. The van der Waals surface area contributed by atoms with Gasteiger partial charge in [0.25, 0.3) is 0 Å². The standard InChI is InChI=1S/C14H21BrN2O2S/c1-4-5-6-7-17(3)20(18,19)13-9-12(10-16)8-11(2)14(13)15/h4,8-9H,1,5-7,10,16H2,2-3H3. The Morgan fingerprint density at radius 1 is 1.45 bits per heavy atom. The molecule has 4 nitrogen and oxygen atoms in total. The molecule has 0 amide bonds. The maximum absolute atomic E-state index is 12.6. The minimum atomic E-state index is -3.51. The molecule has 0 radical (unpaired) electrons. The summed E-state index contributed by atoms with van der Waals surface area (Å²) >= 11 is 3.37. The summed E-state index contributed by atoms with van der Waals surface area (Å²) in [4.78, 5) is 0.277. The van der Waals surface area contributed by atoms with Crippen molar-refractivity contribution in [3.63, 3.8) is 0 Å². The van der Waals surface area contributed by atoms with E-state index >= 15 is 0 Å². The highest BCUT2D eigenvalue weighted by Crippen LogP contribution is 2.29. The van der Waals surface area contributed by atoms with Crippen molar-refractivity contribution < 1.29 is 8.42 Å². The first-order valence-electron chi connectivity index (χ1n) is 6.41. The zero-order chi connectivity index (χ0) is 15.3. The maximum atomic E-state index is 12.6. The van der Waals surface area contributed by atoms with E-state index in [1.54, 1.807) is 19.2 Å². The van der Waals surface area contributed by atoms with Crippen LogP contribution in [0.5, 0.6) is 0 Å². The molecule has 0 aliphatic carbocycles. The molecule has 0 unspecified atom stereocenters. The van der Waals surface area contributed by atoms with Crippen molar-refractivity contribution in [1.29, 1.82) is 0 Å². The second-order valence-corrected chi connectivity index (χ2v) is 7.49. The summed E-state index contributed by atoms with van der Waals surface area (Å²) in [5, 5.41) is 0. The largest absolute Gasteiger partial charge is 0.326 e. The minimum Gasteiger partial charge on any atom is -0.326 e. The van der Waals surface area contributed by atoms with Crippen LogP contribution in [0.4, 0.5) is 0 Å². The molecule has 0 fully saturated rings. The van der Waals surface area contributed by atoms with E-state index in [4.69, 9.17) is 5.73 Å². The number of halogens is 1. The Balaban J connectivity index is 3.14. The second kappa shape index (κ2) is 7.36. The van der Waals surface area contributed by atoms with E-state index in [1.165, 1.54) is 4.31 Å². The first-order valence-corrected chi connectivity index (χ1v) is 8.64. The Morgan fingerprint density at radius 3 is 2.65 bits per heavy atom. The van der Waals surface area contributed by atoms with Crippen molar-refractivity contribution in [2.45, 2.75) is 31.2 Å². The normalized spacial score (nSPS) is 11.8. The molecule has 0 saturated carbocycles. The van der Waals surface area contributed by atoms with Gasteiger partial charge in [-0.05, 0) is 52.9 Å². The van der Waals surface area contributed by atoms with Gasteiger partial charge in [-0.25, -0.2) is 12.7 Å². The third kappa shape index (κ3) is 3.91. The lowest BCUT2D eigenvalue weighted by molar-refractivity contribution is 0.462. The first kappa shape index (κ1) is 17.4. The van der Waals surface area contributed by atoms with Crippen LogP contribution >= 0.6 is 15.9 Å². The van der Waals surface area contributed by atoms with Gasteiger partial charge in [0.05, 0.1) is 4.90 Å². The van der Waals surface area contributed by atoms with E-state index in [-0.39, 0.29) is 4.90 Å². The quantitative estimate of drug-likeness (QED) is 0.600. The zero-order valence-corrected chi connectivity index (χ0v) is 14.3. The molecule has 2 N–H and O–H groups in total. The van der Waals surface area contributed by atoms with Crippen molar-refractivity contribution >= 4 is 26.0 Å². The fraction of sp³-hybridized carbons (Fsp3) is 0.429. The van der Waals surface area contributed by atoms with Gasteiger partial charge in [0.2, 0.25) is 10.0 Å². The molecule has 1 rings (SSSR count). The van der Waals surface area contributed by atoms with Gasteiger partial charge >= 0.3 is 0 Å². The molecule has 0 bridgehead atoms. The molecule has 0 aliphatic heterocycles. The molecule has 20 heavy (non-hydrogen) atoms. The molecule has 0 heterocycles. The number of nitrogens with zero attached hydrogens (tertiary/aromatic N) is 1. The van der Waals surface area contributed by atoms with Gasteiger partial charge in [0.15, 0.2) is 0 Å². The van der Waals surface area contributed by atoms with Crippen molar-refractivity contribution in [2.24, 2.45) is 5.73 Å². The lowest BCUT2D eigenvalue weighted by Crippen LogP contribution is -2.28. The Morgan fingerprint density at radius 2 is 2.10 bits per heavy atom. The molecule has 1 aromatic carbocycles. The zero-order valence-electron chi connectivity index (χ0n) is 11.9. The van der Waals surface area contributed by atoms with Crippen LogP contribution in [-0.2, 0) is 16.6 Å². The first-order chi connectivity index (χ1) is 9.34. The summed E-state index contributed by atoms with van der Waals surface area (Å²) in [6, 6.07) is 3.53. The number of rotatable bonds is 7. The van der Waals surface area contributed by atoms with Gasteiger partial charge in [0, 0.05) is 24.6 Å². The second-order valence-electron chi connectivity index (χ2n) is 4.69. The van der Waals surface area contributed by atoms with Crippen LogP contribution in [0.1, 0.15) is 24.0 Å². The predicted molar refractivity (Wildman–Crippen MR) is 86.0 cm³/mol. The molecule has 0 spiro atoms. The minimum absolute atomic E-state index is 0.277. The number of hydrogen-bond donors (Lipinski definition) is 1. The van der Waals surface area contributed by atoms with Crippen LogP contribution in [0.25, 0.3) is 0 Å². The molecule has 112 valence electrons. The highest BCUT2D eigenvalue weighted by atomic mass is 79.9. The van der Waals surface area contributed by atoms with E-state index in [1.807, 2.05) is 13.0 Å². The Labute approximate surface area is 129 Å². The Kier molecular flexibility index (Phi) is 6.39. The Bertz CT molecular complexity index is 585. The number of hydrogen-bond acceptors (Lipinski definition) is 3. The number of unbranched alkanes of at least 4 members (excludes halogenated alkanes) is 1. The lowest BCUT2D eigenvalue weighted by Gasteiger charge is -2.19. The number of benzene rings is 1. The fourth-order valence-electron chi connectivity index (χ4n) is 1.86. The van der Waals surface area contributed by atoms with Gasteiger partial charge in [-0.3, -0.25) is 0 Å². The highest BCUT2D eigenvalue weighted by molar-refractivity contribution is 9.10. The predicted octanol–water partition coefficient (Wildman–Crippen LogP) is 2.80. The van der Waals surface area contributed by atoms with E-state index < -0.39 is 10.0 Å². The average Bonchev–Trinajstić information content (AvgIpc) is 2.41. The molecule has 0 atom stereocenters. The summed E-state index contributed by atoms with van der Waals surface area (Å²) in [6.45, 7) is 6.28. The van der Waals surface area contributed by atoms with Gasteiger partial charge < -0.3 is 5.73 Å². The molecule has 0 saturated heterocycles. The van der Waals surface area contributed by atoms with Crippen molar-refractivity contribution in [2.75, 3.05) is 13.6 Å². The van der Waals surface area contributed by atoms with Crippen LogP contribution in [0.15, 0.2) is 34.2 Å². The fourth-order valence-corrected chi connectivity index (χ4v) is 4.10. The van der Waals surface area contributed by atoms with E-state index in [0.29, 0.717) is 17.6 Å². The summed E-state index contributed by atoms with van der Waals surface area (Å²) < 4.78 is 27.2. The Hall–Kier alpha value is -0.690. The summed E-state index contributed by atoms with van der Waals surface area (Å²) in [6.07, 6.45) is 3.34. The summed E-state index contributed by atoms with van der Waals surface area (Å²) in [5.74, 6) is 0. The van der Waals surface area contributed by atoms with Crippen molar-refractivity contribution in [3.8, 4) is 0 Å². The van der Waals surface area contributed by atoms with Gasteiger partial charge in [-0.15, -0.1) is 6.58 Å². The van der Waals surface area contributed by atoms with Crippen molar-refractivity contribution in [3.05, 3.63) is 40.4 Å². The third-order valence-electron chi connectivity index (χ3n) is 3.09. The van der Waals surface area contributed by atoms with Crippen molar-refractivity contribution in [1.82, 2.24) is 4.31 Å². The van der Waals surface area contributed by atoms with Crippen LogP contribution in [0, 0.1) is 6.92 Å². The molecule has 6 heteroatoms. The topological polar surface area (TPSA) is 63.4 Å². The molecular formula is C14H21BrN2O2S. The third-order valence-corrected chi connectivity index (χ3v) is 6.28. The van der Waals surface area contributed by atoms with E-state index in [9.17, 15) is 8.42 Å². The van der Waals surface area contributed by atoms with Crippen LogP contribution in [-0.4, -0.2) is 26.3 Å². The van der Waals surface area contributed by atoms with E-state index in [2.05, 4.69) is 22.5 Å². The molecule has 0 aromatic heterocycles. The highest BCUT2D eigenvalue weighted by Gasteiger charge is 2.24.